The van der Waals surface area contributed by atoms with Gasteiger partial charge in [-0.05, 0) is 54.3 Å². The first kappa shape index (κ1) is 25.0. The zero-order chi connectivity index (χ0) is 24.8. The predicted octanol–water partition coefficient (Wildman–Crippen LogP) is 6.68. The highest BCUT2D eigenvalue weighted by Crippen LogP contribution is 2.30. The Morgan fingerprint density at radius 1 is 1.00 bits per heavy atom. The van der Waals surface area contributed by atoms with E-state index in [0.717, 1.165) is 30.2 Å². The van der Waals surface area contributed by atoms with Gasteiger partial charge in [-0.3, -0.25) is 4.90 Å². The molecular weight excluding hydrogens is 453 g/mol. The average Bonchev–Trinajstić information content (AvgIpc) is 3.30. The number of alkyl halides is 3. The number of halogens is 3. The molecule has 0 atom stereocenters. The molecule has 4 nitrogen and oxygen atoms in total. The summed E-state index contributed by atoms with van der Waals surface area (Å²) in [7, 11) is 1.39. The molecule has 0 spiro atoms. The Balaban J connectivity index is 1.58. The molecule has 1 saturated carbocycles. The molecule has 0 N–H and O–H groups in total. The molecule has 186 valence electrons. The van der Waals surface area contributed by atoms with Crippen molar-refractivity contribution < 1.29 is 22.7 Å². The molecule has 0 aliphatic heterocycles. The number of carbonyl (C=O) groups excluding carboxylic acids is 1. The number of aromatic nitrogens is 1. The molecule has 2 aromatic carbocycles. The van der Waals surface area contributed by atoms with Gasteiger partial charge in [0.2, 0.25) is 0 Å². The topological polar surface area (TPSA) is 34.5 Å². The van der Waals surface area contributed by atoms with E-state index >= 15 is 0 Å². The fourth-order valence-electron chi connectivity index (χ4n) is 4.94. The molecule has 0 bridgehead atoms. The van der Waals surface area contributed by atoms with Gasteiger partial charge in [0.15, 0.2) is 0 Å². The first-order valence-corrected chi connectivity index (χ1v) is 12.1. The number of nitrogens with zero attached hydrogens (tertiary/aromatic N) is 2. The number of ether oxygens (including phenoxy) is 1. The SMILES string of the molecule is COC(=O)c1ccccc1CN(Cc1cccn1Cc1cccc(C(F)(F)F)c1)C1CCCCC1. The third kappa shape index (κ3) is 6.34. The minimum Gasteiger partial charge on any atom is -0.465 e. The Labute approximate surface area is 204 Å². The first-order valence-electron chi connectivity index (χ1n) is 12.1. The van der Waals surface area contributed by atoms with Crippen LogP contribution >= 0.6 is 0 Å². The van der Waals surface area contributed by atoms with Gasteiger partial charge in [-0.2, -0.15) is 13.2 Å². The lowest BCUT2D eigenvalue weighted by molar-refractivity contribution is -0.137. The van der Waals surface area contributed by atoms with Crippen LogP contribution < -0.4 is 0 Å². The van der Waals surface area contributed by atoms with Gasteiger partial charge in [0.1, 0.15) is 0 Å². The number of carbonyl (C=O) groups is 1. The Kier molecular flexibility index (Phi) is 7.96. The lowest BCUT2D eigenvalue weighted by Gasteiger charge is -2.35. The quantitative estimate of drug-likeness (QED) is 0.335. The van der Waals surface area contributed by atoms with Crippen molar-refractivity contribution >= 4 is 5.97 Å². The number of esters is 1. The van der Waals surface area contributed by atoms with Crippen LogP contribution in [0.5, 0.6) is 0 Å². The number of benzene rings is 2. The van der Waals surface area contributed by atoms with Crippen molar-refractivity contribution in [1.29, 1.82) is 0 Å². The summed E-state index contributed by atoms with van der Waals surface area (Å²) in [5.74, 6) is -0.350. The van der Waals surface area contributed by atoms with Crippen molar-refractivity contribution in [2.24, 2.45) is 0 Å². The molecule has 1 aliphatic rings. The largest absolute Gasteiger partial charge is 0.465 e. The predicted molar refractivity (Wildman–Crippen MR) is 129 cm³/mol. The van der Waals surface area contributed by atoms with E-state index in [-0.39, 0.29) is 5.97 Å². The summed E-state index contributed by atoms with van der Waals surface area (Å²) in [4.78, 5) is 14.7. The fourth-order valence-corrected chi connectivity index (χ4v) is 4.94. The standard InChI is InChI=1S/C28H31F3N2O2/c1-35-27(34)26-15-6-5-10-22(26)19-33(24-12-3-2-4-13-24)20-25-14-8-16-32(25)18-21-9-7-11-23(17-21)28(29,30)31/h5-11,14-17,24H,2-4,12-13,18-20H2,1H3. The van der Waals surface area contributed by atoms with E-state index in [2.05, 4.69) is 4.90 Å². The maximum atomic E-state index is 13.2. The Bertz CT molecular complexity index is 1130. The van der Waals surface area contributed by atoms with Gasteiger partial charge in [-0.25, -0.2) is 4.79 Å². The smallest absolute Gasteiger partial charge is 0.416 e. The molecule has 0 saturated heterocycles. The molecule has 4 rings (SSSR count). The van der Waals surface area contributed by atoms with E-state index in [1.165, 1.54) is 38.5 Å². The third-order valence-electron chi connectivity index (χ3n) is 6.78. The number of hydrogen-bond acceptors (Lipinski definition) is 3. The van der Waals surface area contributed by atoms with Crippen LogP contribution in [-0.2, 0) is 30.5 Å². The van der Waals surface area contributed by atoms with Crippen molar-refractivity contribution in [1.82, 2.24) is 9.47 Å². The lowest BCUT2D eigenvalue weighted by atomic mass is 9.93. The summed E-state index contributed by atoms with van der Waals surface area (Å²) in [5, 5.41) is 0. The molecule has 35 heavy (non-hydrogen) atoms. The van der Waals surface area contributed by atoms with Crippen LogP contribution in [0.2, 0.25) is 0 Å². The molecule has 1 aromatic heterocycles. The van der Waals surface area contributed by atoms with Gasteiger partial charge in [0.25, 0.3) is 0 Å². The minimum atomic E-state index is -4.36. The molecular formula is C28H31F3N2O2. The summed E-state index contributed by atoms with van der Waals surface area (Å²) in [6.07, 6.45) is 3.31. The zero-order valence-corrected chi connectivity index (χ0v) is 19.9. The highest BCUT2D eigenvalue weighted by Gasteiger charge is 2.30. The third-order valence-corrected chi connectivity index (χ3v) is 6.78. The van der Waals surface area contributed by atoms with Crippen molar-refractivity contribution in [3.05, 3.63) is 94.8 Å². The van der Waals surface area contributed by atoms with Gasteiger partial charge >= 0.3 is 12.1 Å². The monoisotopic (exact) mass is 484 g/mol. The van der Waals surface area contributed by atoms with Crippen LogP contribution in [0.4, 0.5) is 13.2 Å². The molecule has 1 heterocycles. The van der Waals surface area contributed by atoms with Gasteiger partial charge in [-0.15, -0.1) is 0 Å². The van der Waals surface area contributed by atoms with Gasteiger partial charge < -0.3 is 9.30 Å². The summed E-state index contributed by atoms with van der Waals surface area (Å²) in [6, 6.07) is 17.4. The van der Waals surface area contributed by atoms with Crippen LogP contribution in [0.25, 0.3) is 0 Å². The van der Waals surface area contributed by atoms with E-state index in [1.54, 1.807) is 12.1 Å². The molecule has 7 heteroatoms. The van der Waals surface area contributed by atoms with Gasteiger partial charge in [0, 0.05) is 37.6 Å². The number of rotatable bonds is 8. The lowest BCUT2D eigenvalue weighted by Crippen LogP contribution is -2.36. The molecule has 3 aromatic rings. The Morgan fingerprint density at radius 2 is 1.77 bits per heavy atom. The number of methoxy groups -OCH3 is 1. The second-order valence-corrected chi connectivity index (χ2v) is 9.17. The maximum absolute atomic E-state index is 13.2. The van der Waals surface area contributed by atoms with Crippen molar-refractivity contribution in [3.63, 3.8) is 0 Å². The van der Waals surface area contributed by atoms with E-state index in [9.17, 15) is 18.0 Å². The van der Waals surface area contributed by atoms with Crippen LogP contribution in [-0.4, -0.2) is 28.6 Å². The zero-order valence-electron chi connectivity index (χ0n) is 19.9. The van der Waals surface area contributed by atoms with Crippen molar-refractivity contribution in [2.75, 3.05) is 7.11 Å². The van der Waals surface area contributed by atoms with Crippen molar-refractivity contribution in [2.45, 2.75) is 64.0 Å². The fraction of sp³-hybridized carbons (Fsp3) is 0.393. The Hall–Kier alpha value is -3.06. The second-order valence-electron chi connectivity index (χ2n) is 9.17. The first-order chi connectivity index (χ1) is 16.8. The van der Waals surface area contributed by atoms with Gasteiger partial charge in [-0.1, -0.05) is 49.6 Å². The number of hydrogen-bond donors (Lipinski definition) is 0. The molecule has 0 radical (unpaired) electrons. The van der Waals surface area contributed by atoms with E-state index in [4.69, 9.17) is 4.74 Å². The summed E-state index contributed by atoms with van der Waals surface area (Å²) >= 11 is 0. The molecule has 0 amide bonds. The molecule has 0 unspecified atom stereocenters. The molecule has 1 aliphatic carbocycles. The second kappa shape index (κ2) is 11.1. The summed E-state index contributed by atoms with van der Waals surface area (Å²) < 4.78 is 46.5. The van der Waals surface area contributed by atoms with E-state index in [0.29, 0.717) is 36.8 Å². The summed E-state index contributed by atoms with van der Waals surface area (Å²) in [6.45, 7) is 1.61. The normalized spacial score (nSPS) is 14.9. The van der Waals surface area contributed by atoms with Gasteiger partial charge in [0.05, 0.1) is 18.2 Å². The summed E-state index contributed by atoms with van der Waals surface area (Å²) in [5.41, 5.74) is 2.49. The Morgan fingerprint density at radius 3 is 2.51 bits per heavy atom. The average molecular weight is 485 g/mol. The minimum absolute atomic E-state index is 0.350. The molecule has 1 fully saturated rings. The highest BCUT2D eigenvalue weighted by molar-refractivity contribution is 5.90. The maximum Gasteiger partial charge on any atom is 0.416 e. The van der Waals surface area contributed by atoms with Crippen molar-refractivity contribution in [3.8, 4) is 0 Å². The van der Waals surface area contributed by atoms with E-state index in [1.807, 2.05) is 41.1 Å². The van der Waals surface area contributed by atoms with Crippen LogP contribution in [0.3, 0.4) is 0 Å². The van der Waals surface area contributed by atoms with Crippen LogP contribution in [0, 0.1) is 0 Å². The highest BCUT2D eigenvalue weighted by atomic mass is 19.4. The van der Waals surface area contributed by atoms with E-state index < -0.39 is 11.7 Å². The van der Waals surface area contributed by atoms with Crippen LogP contribution in [0.15, 0.2) is 66.9 Å². The van der Waals surface area contributed by atoms with Crippen LogP contribution in [0.1, 0.15) is 64.8 Å².